The zero-order valence-electron chi connectivity index (χ0n) is 18.2. The van der Waals surface area contributed by atoms with Crippen LogP contribution in [-0.4, -0.2) is 32.8 Å². The average molecular weight is 515 g/mol. The number of benzene rings is 2. The molecule has 2 heterocycles. The highest BCUT2D eigenvalue weighted by atomic mass is 79.9. The van der Waals surface area contributed by atoms with Gasteiger partial charge in [-0.2, -0.15) is 0 Å². The number of halogens is 1. The van der Waals surface area contributed by atoms with Crippen LogP contribution in [0.2, 0.25) is 0 Å². The van der Waals surface area contributed by atoms with Crippen LogP contribution in [0.4, 0.5) is 5.69 Å². The van der Waals surface area contributed by atoms with E-state index in [2.05, 4.69) is 15.9 Å². The van der Waals surface area contributed by atoms with Crippen LogP contribution in [0.5, 0.6) is 11.5 Å². The molecule has 0 aliphatic heterocycles. The van der Waals surface area contributed by atoms with Crippen molar-refractivity contribution in [3.8, 4) is 28.4 Å². The highest BCUT2D eigenvalue weighted by molar-refractivity contribution is 9.10. The second-order valence-corrected chi connectivity index (χ2v) is 8.13. The number of methoxy groups -OCH3 is 2. The van der Waals surface area contributed by atoms with E-state index in [1.165, 1.54) is 38.0 Å². The van der Waals surface area contributed by atoms with Crippen molar-refractivity contribution in [1.82, 2.24) is 13.7 Å². The number of ether oxygens (including phenoxy) is 2. The molecule has 0 aliphatic carbocycles. The third-order valence-electron chi connectivity index (χ3n) is 5.50. The summed E-state index contributed by atoms with van der Waals surface area (Å²) in [7, 11) is 5.98. The largest absolute Gasteiger partial charge is 0.497 e. The zero-order chi connectivity index (χ0) is 24.0. The van der Waals surface area contributed by atoms with Crippen molar-refractivity contribution in [2.45, 2.75) is 0 Å². The molecule has 0 bridgehead atoms. The van der Waals surface area contributed by atoms with E-state index in [1.807, 2.05) is 0 Å². The highest BCUT2D eigenvalue weighted by Gasteiger charge is 2.24. The predicted octanol–water partition coefficient (Wildman–Crippen LogP) is 3.38. The first-order valence-corrected chi connectivity index (χ1v) is 10.5. The van der Waals surface area contributed by atoms with E-state index in [9.17, 15) is 19.7 Å². The second kappa shape index (κ2) is 8.24. The van der Waals surface area contributed by atoms with E-state index in [1.54, 1.807) is 42.1 Å². The normalized spacial score (nSPS) is 11.1. The molecule has 0 amide bonds. The molecular weight excluding hydrogens is 496 g/mol. The third kappa shape index (κ3) is 3.50. The van der Waals surface area contributed by atoms with Crippen LogP contribution in [0.1, 0.15) is 0 Å². The second-order valence-electron chi connectivity index (χ2n) is 7.27. The molecule has 0 unspecified atom stereocenters. The number of nitro groups is 1. The molecule has 0 fully saturated rings. The molecule has 0 atom stereocenters. The van der Waals surface area contributed by atoms with Gasteiger partial charge in [0.25, 0.3) is 11.2 Å². The standard InChI is InChI=1S/C22H19BrN4O6/c1-24-17-11-26(16-8-6-13(32-3)10-18(16)33-4)20(19(17)21(28)25(2)22(24)29)14-9-12(27(30)31)5-7-15(14)23/h5-11H,1-4H3. The molecule has 10 nitrogen and oxygen atoms in total. The Labute approximate surface area is 195 Å². The summed E-state index contributed by atoms with van der Waals surface area (Å²) in [5.41, 5.74) is 0.557. The molecule has 0 spiro atoms. The van der Waals surface area contributed by atoms with Gasteiger partial charge in [0.15, 0.2) is 0 Å². The maximum atomic E-state index is 13.3. The van der Waals surface area contributed by atoms with Crippen LogP contribution < -0.4 is 20.7 Å². The van der Waals surface area contributed by atoms with Crippen molar-refractivity contribution in [3.63, 3.8) is 0 Å². The van der Waals surface area contributed by atoms with Gasteiger partial charge in [0.05, 0.1) is 41.4 Å². The SMILES string of the molecule is COc1ccc(-n2cc3c(c2-c2cc([N+](=O)[O-])ccc2Br)c(=O)n(C)c(=O)n3C)c(OC)c1. The average Bonchev–Trinajstić information content (AvgIpc) is 3.21. The molecule has 0 N–H and O–H groups in total. The van der Waals surface area contributed by atoms with Crippen LogP contribution in [-0.2, 0) is 14.1 Å². The van der Waals surface area contributed by atoms with Crippen molar-refractivity contribution in [3.05, 3.63) is 78.0 Å². The van der Waals surface area contributed by atoms with Crippen molar-refractivity contribution in [2.24, 2.45) is 14.1 Å². The molecule has 4 rings (SSSR count). The molecule has 170 valence electrons. The number of fused-ring (bicyclic) bond motifs is 1. The molecule has 4 aromatic rings. The smallest absolute Gasteiger partial charge is 0.330 e. The number of nitrogens with zero attached hydrogens (tertiary/aromatic N) is 4. The molecule has 11 heteroatoms. The van der Waals surface area contributed by atoms with Gasteiger partial charge in [-0.3, -0.25) is 24.0 Å². The van der Waals surface area contributed by atoms with Gasteiger partial charge in [-0.1, -0.05) is 15.9 Å². The van der Waals surface area contributed by atoms with Gasteiger partial charge in [0.1, 0.15) is 11.5 Å². The topological polar surface area (TPSA) is 111 Å². The van der Waals surface area contributed by atoms with Gasteiger partial charge in [0, 0.05) is 48.5 Å². The zero-order valence-corrected chi connectivity index (χ0v) is 19.7. The number of nitro benzene ring substituents is 1. The van der Waals surface area contributed by atoms with E-state index in [-0.39, 0.29) is 11.1 Å². The Balaban J connectivity index is 2.23. The Hall–Kier alpha value is -3.86. The lowest BCUT2D eigenvalue weighted by molar-refractivity contribution is -0.384. The first kappa shape index (κ1) is 22.3. The predicted molar refractivity (Wildman–Crippen MR) is 127 cm³/mol. The van der Waals surface area contributed by atoms with Crippen molar-refractivity contribution in [2.75, 3.05) is 14.2 Å². The Morgan fingerprint density at radius 1 is 1.00 bits per heavy atom. The molecule has 0 saturated carbocycles. The monoisotopic (exact) mass is 514 g/mol. The number of hydrogen-bond donors (Lipinski definition) is 0. The lowest BCUT2D eigenvalue weighted by Crippen LogP contribution is -2.36. The Kier molecular flexibility index (Phi) is 5.58. The summed E-state index contributed by atoms with van der Waals surface area (Å²) in [5.74, 6) is 1.01. The highest BCUT2D eigenvalue weighted by Crippen LogP contribution is 2.39. The van der Waals surface area contributed by atoms with Gasteiger partial charge in [-0.15, -0.1) is 0 Å². The van der Waals surface area contributed by atoms with Gasteiger partial charge in [-0.25, -0.2) is 4.79 Å². The molecule has 2 aromatic heterocycles. The van der Waals surface area contributed by atoms with E-state index >= 15 is 0 Å². The van der Waals surface area contributed by atoms with Crippen molar-refractivity contribution in [1.29, 1.82) is 0 Å². The number of non-ortho nitro benzene ring substituents is 1. The van der Waals surface area contributed by atoms with Gasteiger partial charge in [-0.05, 0) is 18.2 Å². The molecule has 0 aliphatic rings. The summed E-state index contributed by atoms with van der Waals surface area (Å²) < 4.78 is 15.4. The van der Waals surface area contributed by atoms with E-state index in [4.69, 9.17) is 9.47 Å². The van der Waals surface area contributed by atoms with Gasteiger partial charge >= 0.3 is 5.69 Å². The van der Waals surface area contributed by atoms with Crippen LogP contribution in [0.15, 0.2) is 56.7 Å². The van der Waals surface area contributed by atoms with Crippen LogP contribution in [0, 0.1) is 10.1 Å². The summed E-state index contributed by atoms with van der Waals surface area (Å²) in [6.45, 7) is 0. The van der Waals surface area contributed by atoms with Crippen LogP contribution in [0.3, 0.4) is 0 Å². The first-order valence-electron chi connectivity index (χ1n) is 9.67. The minimum absolute atomic E-state index is 0.141. The third-order valence-corrected chi connectivity index (χ3v) is 6.19. The summed E-state index contributed by atoms with van der Waals surface area (Å²) in [6, 6.07) is 9.46. The summed E-state index contributed by atoms with van der Waals surface area (Å²) in [5, 5.41) is 11.7. The van der Waals surface area contributed by atoms with Gasteiger partial charge in [0.2, 0.25) is 0 Å². The number of aromatic nitrogens is 3. The van der Waals surface area contributed by atoms with Crippen molar-refractivity contribution < 1.29 is 14.4 Å². The summed E-state index contributed by atoms with van der Waals surface area (Å²) >= 11 is 3.46. The molecular formula is C22H19BrN4O6. The van der Waals surface area contributed by atoms with Crippen molar-refractivity contribution >= 4 is 32.5 Å². The molecule has 33 heavy (non-hydrogen) atoms. The van der Waals surface area contributed by atoms with Crippen LogP contribution in [0.25, 0.3) is 27.8 Å². The first-order chi connectivity index (χ1) is 15.7. The molecule has 2 aromatic carbocycles. The quantitative estimate of drug-likeness (QED) is 0.298. The number of hydrogen-bond acceptors (Lipinski definition) is 6. The maximum Gasteiger partial charge on any atom is 0.330 e. The summed E-state index contributed by atoms with van der Waals surface area (Å²) in [6.07, 6.45) is 1.64. The minimum atomic E-state index is -0.521. The molecule has 0 saturated heterocycles. The lowest BCUT2D eigenvalue weighted by Gasteiger charge is -2.15. The maximum absolute atomic E-state index is 13.3. The van der Waals surface area contributed by atoms with E-state index < -0.39 is 16.2 Å². The lowest BCUT2D eigenvalue weighted by atomic mass is 10.1. The Morgan fingerprint density at radius 3 is 2.36 bits per heavy atom. The van der Waals surface area contributed by atoms with Gasteiger partial charge < -0.3 is 14.0 Å². The number of aryl methyl sites for hydroxylation is 1. The van der Waals surface area contributed by atoms with E-state index in [0.29, 0.717) is 38.4 Å². The fraction of sp³-hybridized carbons (Fsp3) is 0.182. The fourth-order valence-electron chi connectivity index (χ4n) is 3.79. The van der Waals surface area contributed by atoms with E-state index in [0.717, 1.165) is 4.57 Å². The number of rotatable bonds is 5. The summed E-state index contributed by atoms with van der Waals surface area (Å²) in [4.78, 5) is 36.8. The Morgan fingerprint density at radius 2 is 1.73 bits per heavy atom. The molecule has 0 radical (unpaired) electrons. The fourth-order valence-corrected chi connectivity index (χ4v) is 4.22. The Bertz CT molecular complexity index is 1550. The minimum Gasteiger partial charge on any atom is -0.497 e. The van der Waals surface area contributed by atoms with Crippen LogP contribution >= 0.6 is 15.9 Å².